The molecule has 0 radical (unpaired) electrons. The number of fused-ring (bicyclic) bond motifs is 3. The van der Waals surface area contributed by atoms with Crippen LogP contribution in [0.1, 0.15) is 18.0 Å². The molecule has 0 spiro atoms. The van der Waals surface area contributed by atoms with Crippen molar-refractivity contribution in [2.45, 2.75) is 12.5 Å². The fraction of sp³-hybridized carbons (Fsp3) is 0.167. The van der Waals surface area contributed by atoms with Gasteiger partial charge in [0.05, 0.1) is 6.04 Å². The smallest absolute Gasteiger partial charge is 0.252 e. The van der Waals surface area contributed by atoms with Crippen LogP contribution in [-0.4, -0.2) is 12.5 Å². The number of ether oxygens (including phenoxy) is 1. The van der Waals surface area contributed by atoms with Gasteiger partial charge in [-0.1, -0.05) is 24.3 Å². The van der Waals surface area contributed by atoms with Gasteiger partial charge in [0.1, 0.15) is 12.4 Å². The molecule has 5 rings (SSSR count). The van der Waals surface area contributed by atoms with Crippen molar-refractivity contribution in [1.29, 1.82) is 0 Å². The molecule has 1 amide bonds. The van der Waals surface area contributed by atoms with E-state index in [4.69, 9.17) is 4.74 Å². The van der Waals surface area contributed by atoms with Crippen LogP contribution in [-0.2, 0) is 4.79 Å². The van der Waals surface area contributed by atoms with Gasteiger partial charge in [0.15, 0.2) is 0 Å². The number of carbonyl (C=O) groups is 1. The summed E-state index contributed by atoms with van der Waals surface area (Å²) in [5.41, 5.74) is 6.99. The third-order valence-electron chi connectivity index (χ3n) is 4.52. The Labute approximate surface area is 122 Å². The molecule has 3 heteroatoms. The summed E-state index contributed by atoms with van der Waals surface area (Å²) < 4.78 is 5.62. The molecule has 4 aliphatic rings. The third-order valence-corrected chi connectivity index (χ3v) is 4.52. The molecule has 1 saturated carbocycles. The van der Waals surface area contributed by atoms with Gasteiger partial charge in [-0.15, -0.1) is 0 Å². The molecule has 3 nitrogen and oxygen atoms in total. The van der Waals surface area contributed by atoms with Gasteiger partial charge in [-0.05, 0) is 46.9 Å². The average Bonchev–Trinajstić information content (AvgIpc) is 2.87. The SMILES string of the molecule is O=C(NC1COc2ccccc21)C1=C2C=C3CC3=C2C=C1. The van der Waals surface area contributed by atoms with Gasteiger partial charge in [-0.2, -0.15) is 0 Å². The van der Waals surface area contributed by atoms with E-state index in [2.05, 4.69) is 17.5 Å². The molecule has 1 heterocycles. The van der Waals surface area contributed by atoms with E-state index in [9.17, 15) is 4.79 Å². The summed E-state index contributed by atoms with van der Waals surface area (Å²) in [6, 6.07) is 7.81. The second kappa shape index (κ2) is 3.76. The van der Waals surface area contributed by atoms with Crippen LogP contribution in [0.5, 0.6) is 5.75 Å². The maximum absolute atomic E-state index is 12.5. The van der Waals surface area contributed by atoms with Crippen LogP contribution in [0.15, 0.2) is 70.4 Å². The van der Waals surface area contributed by atoms with Crippen LogP contribution < -0.4 is 10.1 Å². The normalized spacial score (nSPS) is 23.6. The highest BCUT2D eigenvalue weighted by molar-refractivity contribution is 6.02. The van der Waals surface area contributed by atoms with Crippen LogP contribution in [0.25, 0.3) is 0 Å². The van der Waals surface area contributed by atoms with Gasteiger partial charge in [-0.3, -0.25) is 4.79 Å². The monoisotopic (exact) mass is 275 g/mol. The zero-order chi connectivity index (χ0) is 14.0. The first-order chi connectivity index (χ1) is 10.3. The molecule has 0 saturated heterocycles. The number of carbonyl (C=O) groups excluding carboxylic acids is 1. The summed E-state index contributed by atoms with van der Waals surface area (Å²) in [6.45, 7) is 0.506. The lowest BCUT2D eigenvalue weighted by molar-refractivity contribution is -0.118. The molecular formula is C18H13NO2. The Morgan fingerprint density at radius 1 is 1.19 bits per heavy atom. The number of benzene rings is 1. The molecule has 1 unspecified atom stereocenters. The van der Waals surface area contributed by atoms with Crippen LogP contribution in [0.4, 0.5) is 0 Å². The number of para-hydroxylation sites is 1. The van der Waals surface area contributed by atoms with Crippen molar-refractivity contribution in [2.24, 2.45) is 0 Å². The largest absolute Gasteiger partial charge is 0.491 e. The van der Waals surface area contributed by atoms with E-state index in [0.717, 1.165) is 28.9 Å². The second-order valence-corrected chi connectivity index (χ2v) is 5.77. The first-order valence-corrected chi connectivity index (χ1v) is 7.21. The molecule has 1 atom stereocenters. The first kappa shape index (κ1) is 11.1. The van der Waals surface area contributed by atoms with Crippen molar-refractivity contribution in [2.75, 3.05) is 6.61 Å². The standard InChI is InChI=1S/C18H13NO2/c20-18(12-6-5-11-14-7-10(14)8-15(11)12)19-16-9-21-17-4-2-1-3-13(16)17/h1-6,8,16H,7,9H2,(H,19,20). The number of rotatable bonds is 2. The molecule has 1 aromatic carbocycles. The zero-order valence-electron chi connectivity index (χ0n) is 11.3. The Morgan fingerprint density at radius 3 is 3.05 bits per heavy atom. The molecule has 1 N–H and O–H groups in total. The molecule has 1 aromatic rings. The number of hydrogen-bond acceptors (Lipinski definition) is 2. The van der Waals surface area contributed by atoms with Gasteiger partial charge in [0.25, 0.3) is 5.91 Å². The van der Waals surface area contributed by atoms with Gasteiger partial charge in [-0.25, -0.2) is 0 Å². The fourth-order valence-electron chi connectivity index (χ4n) is 3.35. The molecule has 0 aromatic heterocycles. The lowest BCUT2D eigenvalue weighted by atomic mass is 10.1. The van der Waals surface area contributed by atoms with E-state index in [1.165, 1.54) is 16.7 Å². The lowest BCUT2D eigenvalue weighted by Gasteiger charge is -2.12. The van der Waals surface area contributed by atoms with Gasteiger partial charge in [0, 0.05) is 11.1 Å². The molecule has 3 aliphatic carbocycles. The number of hydrogen-bond donors (Lipinski definition) is 1. The van der Waals surface area contributed by atoms with Crippen molar-refractivity contribution < 1.29 is 9.53 Å². The Bertz CT molecular complexity index is 823. The molecule has 21 heavy (non-hydrogen) atoms. The van der Waals surface area contributed by atoms with Gasteiger partial charge >= 0.3 is 0 Å². The summed E-state index contributed by atoms with van der Waals surface area (Å²) in [5, 5.41) is 3.09. The van der Waals surface area contributed by atoms with Crippen molar-refractivity contribution in [3.63, 3.8) is 0 Å². The lowest BCUT2D eigenvalue weighted by Crippen LogP contribution is -2.30. The van der Waals surface area contributed by atoms with Crippen LogP contribution >= 0.6 is 0 Å². The molecular weight excluding hydrogens is 262 g/mol. The Morgan fingerprint density at radius 2 is 2.10 bits per heavy atom. The maximum Gasteiger partial charge on any atom is 0.252 e. The topological polar surface area (TPSA) is 38.3 Å². The van der Waals surface area contributed by atoms with E-state index >= 15 is 0 Å². The van der Waals surface area contributed by atoms with Crippen molar-refractivity contribution in [1.82, 2.24) is 5.32 Å². The first-order valence-electron chi connectivity index (χ1n) is 7.21. The predicted octanol–water partition coefficient (Wildman–Crippen LogP) is 2.74. The number of allylic oxidation sites excluding steroid dienone is 6. The van der Waals surface area contributed by atoms with Crippen LogP contribution in [0, 0.1) is 0 Å². The number of amides is 1. The van der Waals surface area contributed by atoms with Crippen LogP contribution in [0.3, 0.4) is 0 Å². The van der Waals surface area contributed by atoms with E-state index in [1.54, 1.807) is 0 Å². The van der Waals surface area contributed by atoms with E-state index in [0.29, 0.717) is 6.61 Å². The highest BCUT2D eigenvalue weighted by Gasteiger charge is 2.36. The Balaban J connectivity index is 1.43. The molecule has 1 aliphatic heterocycles. The Hall–Kier alpha value is -2.55. The highest BCUT2D eigenvalue weighted by atomic mass is 16.5. The van der Waals surface area contributed by atoms with Crippen molar-refractivity contribution in [3.8, 4) is 5.75 Å². The van der Waals surface area contributed by atoms with Gasteiger partial charge in [0.2, 0.25) is 0 Å². The van der Waals surface area contributed by atoms with Crippen LogP contribution in [0.2, 0.25) is 0 Å². The minimum Gasteiger partial charge on any atom is -0.491 e. The van der Waals surface area contributed by atoms with E-state index in [-0.39, 0.29) is 11.9 Å². The molecule has 102 valence electrons. The predicted molar refractivity (Wildman–Crippen MR) is 78.7 cm³/mol. The summed E-state index contributed by atoms with van der Waals surface area (Å²) in [4.78, 5) is 12.5. The van der Waals surface area contributed by atoms with Gasteiger partial charge < -0.3 is 10.1 Å². The molecule has 0 bridgehead atoms. The van der Waals surface area contributed by atoms with Crippen molar-refractivity contribution in [3.05, 3.63) is 75.9 Å². The third kappa shape index (κ3) is 1.51. The fourth-order valence-corrected chi connectivity index (χ4v) is 3.35. The average molecular weight is 275 g/mol. The van der Waals surface area contributed by atoms with Crippen molar-refractivity contribution >= 4 is 5.91 Å². The van der Waals surface area contributed by atoms with E-state index in [1.807, 2.05) is 30.3 Å². The summed E-state index contributed by atoms with van der Waals surface area (Å²) in [6.07, 6.45) is 7.25. The zero-order valence-corrected chi connectivity index (χ0v) is 11.3. The second-order valence-electron chi connectivity index (χ2n) is 5.77. The molecule has 1 fully saturated rings. The number of nitrogens with one attached hydrogen (secondary N) is 1. The Kier molecular flexibility index (Phi) is 1.99. The quantitative estimate of drug-likeness (QED) is 0.901. The minimum absolute atomic E-state index is 0.0136. The highest BCUT2D eigenvalue weighted by Crippen LogP contribution is 2.51. The maximum atomic E-state index is 12.5. The van der Waals surface area contributed by atoms with E-state index < -0.39 is 0 Å². The summed E-state index contributed by atoms with van der Waals surface area (Å²) in [7, 11) is 0. The summed E-state index contributed by atoms with van der Waals surface area (Å²) >= 11 is 0. The minimum atomic E-state index is -0.0597. The summed E-state index contributed by atoms with van der Waals surface area (Å²) in [5.74, 6) is 0.856.